The largest absolute Gasteiger partial charge is 0.126 e. The molecule has 0 saturated carbocycles. The number of hydrogen-bond donors (Lipinski definition) is 0. The summed E-state index contributed by atoms with van der Waals surface area (Å²) < 4.78 is 1.42. The van der Waals surface area contributed by atoms with E-state index in [1.807, 2.05) is 0 Å². The van der Waals surface area contributed by atoms with E-state index in [2.05, 4.69) is 148 Å². The Morgan fingerprint density at radius 3 is 1.41 bits per heavy atom. The smallest absolute Gasteiger partial charge is 0.0771 e. The fraction of sp³-hybridized carbons (Fsp3) is 0.118. The van der Waals surface area contributed by atoms with Crippen molar-refractivity contribution < 1.29 is 49.0 Å². The van der Waals surface area contributed by atoms with Crippen LogP contribution in [0.15, 0.2) is 132 Å². The van der Waals surface area contributed by atoms with Crippen LogP contribution >= 0.6 is 0 Å². The minimum Gasteiger partial charge on any atom is -0.126 e. The van der Waals surface area contributed by atoms with Gasteiger partial charge < -0.3 is 24.8 Å². The molecule has 5 aromatic rings. The van der Waals surface area contributed by atoms with Crippen LogP contribution in [-0.2, 0) is 24.2 Å². The Morgan fingerprint density at radius 2 is 1.05 bits per heavy atom. The zero-order valence-electron chi connectivity index (χ0n) is 21.4. The van der Waals surface area contributed by atoms with Crippen LogP contribution < -0.4 is 24.8 Å². The van der Waals surface area contributed by atoms with Crippen molar-refractivity contribution in [3.8, 4) is 0 Å². The monoisotopic (exact) mass is 598 g/mol. The maximum absolute atomic E-state index is 3.22. The van der Waals surface area contributed by atoms with Gasteiger partial charge in [0.1, 0.15) is 0 Å². The summed E-state index contributed by atoms with van der Waals surface area (Å²) in [4.78, 5) is 0. The zero-order valence-corrected chi connectivity index (χ0v) is 25.4. The van der Waals surface area contributed by atoms with Crippen LogP contribution in [0.25, 0.3) is 21.5 Å². The van der Waals surface area contributed by atoms with Crippen molar-refractivity contribution in [1.82, 2.24) is 0 Å². The quantitative estimate of drug-likeness (QED) is 0.274. The van der Waals surface area contributed by atoms with E-state index in [-0.39, 0.29) is 24.8 Å². The average molecular weight is 601 g/mol. The second kappa shape index (κ2) is 15.1. The van der Waals surface area contributed by atoms with Gasteiger partial charge in [0.25, 0.3) is 0 Å². The second-order valence-electron chi connectivity index (χ2n) is 8.82. The van der Waals surface area contributed by atoms with E-state index < -0.39 is 0 Å². The molecule has 0 saturated heterocycles. The van der Waals surface area contributed by atoms with Crippen molar-refractivity contribution in [1.29, 1.82) is 0 Å². The van der Waals surface area contributed by atoms with Crippen molar-refractivity contribution in [3.63, 3.8) is 0 Å². The zero-order chi connectivity index (χ0) is 24.6. The van der Waals surface area contributed by atoms with Gasteiger partial charge in [0.15, 0.2) is 0 Å². The average Bonchev–Trinajstić information content (AvgIpc) is 3.44. The fourth-order valence-corrected chi connectivity index (χ4v) is 4.93. The summed E-state index contributed by atoms with van der Waals surface area (Å²) in [5.41, 5.74) is 5.51. The van der Waals surface area contributed by atoms with Crippen LogP contribution in [0, 0.1) is 12.0 Å². The Morgan fingerprint density at radius 1 is 0.649 bits per heavy atom. The van der Waals surface area contributed by atoms with E-state index in [1.165, 1.54) is 71.3 Å². The van der Waals surface area contributed by atoms with E-state index >= 15 is 0 Å². The third kappa shape index (κ3) is 8.02. The van der Waals surface area contributed by atoms with Gasteiger partial charge in [-0.15, -0.1) is 46.7 Å². The summed E-state index contributed by atoms with van der Waals surface area (Å²) in [7, 11) is 0. The Bertz CT molecular complexity index is 1390. The van der Waals surface area contributed by atoms with Crippen LogP contribution in [0.3, 0.4) is 0 Å². The topological polar surface area (TPSA) is 0 Å². The van der Waals surface area contributed by atoms with Crippen LogP contribution in [0.5, 0.6) is 0 Å². The van der Waals surface area contributed by atoms with E-state index in [4.69, 9.17) is 0 Å². The summed E-state index contributed by atoms with van der Waals surface area (Å²) in [5.74, 6) is 0.565. The molecule has 0 radical (unpaired) electrons. The third-order valence-electron chi connectivity index (χ3n) is 6.47. The van der Waals surface area contributed by atoms with E-state index in [9.17, 15) is 0 Å². The molecule has 3 heteroatoms. The van der Waals surface area contributed by atoms with E-state index in [0.717, 1.165) is 0 Å². The molecule has 0 N–H and O–H groups in total. The van der Waals surface area contributed by atoms with Crippen LogP contribution in [0.2, 0.25) is 0 Å². The Balaban J connectivity index is 0.000000197. The predicted octanol–water partition coefficient (Wildman–Crippen LogP) is 2.85. The van der Waals surface area contributed by atoms with Crippen molar-refractivity contribution in [3.05, 3.63) is 150 Å². The van der Waals surface area contributed by atoms with Gasteiger partial charge in [-0.25, -0.2) is 11.6 Å². The Labute approximate surface area is 248 Å². The van der Waals surface area contributed by atoms with Gasteiger partial charge in [0, 0.05) is 0 Å². The minimum absolute atomic E-state index is 0. The molecule has 0 nitrogen and oxygen atoms in total. The predicted molar refractivity (Wildman–Crippen MR) is 148 cm³/mol. The normalized spacial score (nSPS) is 13.6. The molecule has 1 aliphatic carbocycles. The maximum Gasteiger partial charge on any atom is -0.0771 e. The van der Waals surface area contributed by atoms with Gasteiger partial charge in [-0.2, -0.15) is 5.57 Å². The molecule has 0 bridgehead atoms. The van der Waals surface area contributed by atoms with Crippen LogP contribution in [-0.4, -0.2) is 3.21 Å². The molecular weight excluding hydrogens is 571 g/mol. The van der Waals surface area contributed by atoms with Crippen molar-refractivity contribution >= 4 is 24.8 Å². The molecule has 6 rings (SSSR count). The molecule has 0 spiro atoms. The minimum atomic E-state index is 0. The number of hydrogen-bond acceptors (Lipinski definition) is 0. The molecule has 1 unspecified atom stereocenters. The molecule has 1 aliphatic rings. The molecule has 37 heavy (non-hydrogen) atoms. The second-order valence-corrected chi connectivity index (χ2v) is 10.1. The van der Waals surface area contributed by atoms with E-state index in [0.29, 0.717) is 5.92 Å². The summed E-state index contributed by atoms with van der Waals surface area (Å²) in [6.07, 6.45) is 5.29. The molecule has 0 amide bonds. The van der Waals surface area contributed by atoms with Crippen LogP contribution in [0.1, 0.15) is 31.9 Å². The van der Waals surface area contributed by atoms with Gasteiger partial charge in [-0.05, 0) is 0 Å². The van der Waals surface area contributed by atoms with Crippen molar-refractivity contribution in [2.45, 2.75) is 20.8 Å². The fourth-order valence-electron chi connectivity index (χ4n) is 4.11. The first-order chi connectivity index (χ1) is 17.0. The van der Waals surface area contributed by atoms with E-state index in [1.54, 1.807) is 0 Å². The molecule has 0 aromatic heterocycles. The summed E-state index contributed by atoms with van der Waals surface area (Å²) in [5, 5.41) is 5.39. The summed E-state index contributed by atoms with van der Waals surface area (Å²) in [6, 6.07) is 40.4. The third-order valence-corrected chi connectivity index (χ3v) is 7.89. The number of fused-ring (bicyclic) bond motifs is 3. The Kier molecular flexibility index (Phi) is 12.6. The van der Waals surface area contributed by atoms with Gasteiger partial charge in [0.2, 0.25) is 0 Å². The molecule has 1 atom stereocenters. The van der Waals surface area contributed by atoms with Gasteiger partial charge in [-0.1, -0.05) is 56.2 Å². The van der Waals surface area contributed by atoms with Crippen LogP contribution in [0.4, 0.5) is 0 Å². The van der Waals surface area contributed by atoms with Crippen molar-refractivity contribution in [2.24, 2.45) is 5.92 Å². The first kappa shape index (κ1) is 30.8. The maximum atomic E-state index is 3.22. The number of rotatable bonds is 2. The molecule has 5 aromatic carbocycles. The number of allylic oxidation sites excluding steroid dienone is 4. The number of halogens is 2. The first-order valence-electron chi connectivity index (χ1n) is 12.0. The first-order valence-corrected chi connectivity index (χ1v) is 13.3. The van der Waals surface area contributed by atoms with Gasteiger partial charge in [-0.3, -0.25) is 6.08 Å². The molecule has 186 valence electrons. The molecule has 0 heterocycles. The summed E-state index contributed by atoms with van der Waals surface area (Å²) >= 11 is 1.46. The Hall–Kier alpha value is -2.44. The summed E-state index contributed by atoms with van der Waals surface area (Å²) in [6.45, 7) is 6.46. The van der Waals surface area contributed by atoms with Crippen molar-refractivity contribution in [2.75, 3.05) is 0 Å². The van der Waals surface area contributed by atoms with Gasteiger partial charge in [0.05, 0.1) is 0 Å². The molecular formula is C34H30Cl2Zr-2. The number of benzene rings is 4. The molecule has 0 aliphatic heterocycles. The SMILES string of the molecule is CC1=C(C)C(C)[C-]=C1.[Cl-].[Cl-].[Zr+2]=[C](c1ccccc1)c1ccccc1.c1ccc2c(c1)[cH-]c1ccccc12. The van der Waals surface area contributed by atoms with Gasteiger partial charge >= 0.3 is 99.2 Å². The standard InChI is InChI=1S/C13H9.C13H10.C8H11.2ClH.Zr/c1-3-7-12-10(5-1)9-11-6-2-4-8-13(11)12;1-3-7-12(8-4-1)11-13-9-5-2-6-10-13;1-6-4-5-7(2)8(6)3;;;/h1-9H;1-10H;4,7H,1-3H3;2*1H;/q-1;;-1;;;+2/p-2. The molecule has 0 fully saturated rings.